The highest BCUT2D eigenvalue weighted by Gasteiger charge is 2.17. The molecule has 2 rings (SSSR count). The molecule has 0 amide bonds. The van der Waals surface area contributed by atoms with E-state index in [1.165, 1.54) is 0 Å². The fraction of sp³-hybridized carbons (Fsp3) is 0.571. The van der Waals surface area contributed by atoms with E-state index in [2.05, 4.69) is 5.32 Å². The summed E-state index contributed by atoms with van der Waals surface area (Å²) in [4.78, 5) is 0. The molecule has 112 valence electrons. The lowest BCUT2D eigenvalue weighted by molar-refractivity contribution is 0.354. The minimum absolute atomic E-state index is 0.430. The Bertz CT molecular complexity index is 486. The van der Waals surface area contributed by atoms with Crippen molar-refractivity contribution in [1.82, 2.24) is 5.32 Å². The van der Waals surface area contributed by atoms with Crippen molar-refractivity contribution in [3.05, 3.63) is 22.7 Å². The molecule has 1 fully saturated rings. The maximum Gasteiger partial charge on any atom is 0.179 e. The Morgan fingerprint density at radius 1 is 1.30 bits per heavy atom. The molecule has 20 heavy (non-hydrogen) atoms. The van der Waals surface area contributed by atoms with Gasteiger partial charge in [-0.2, -0.15) is 0 Å². The fourth-order valence-electron chi connectivity index (χ4n) is 2.33. The lowest BCUT2D eigenvalue weighted by atomic mass is 10.1. The highest BCUT2D eigenvalue weighted by Crippen LogP contribution is 2.36. The van der Waals surface area contributed by atoms with Gasteiger partial charge in [-0.05, 0) is 30.5 Å². The minimum Gasteiger partial charge on any atom is -0.493 e. The van der Waals surface area contributed by atoms with Gasteiger partial charge in [-0.3, -0.25) is 4.21 Å². The maximum absolute atomic E-state index is 11.3. The van der Waals surface area contributed by atoms with E-state index in [0.29, 0.717) is 22.6 Å². The van der Waals surface area contributed by atoms with Crippen LogP contribution in [0.25, 0.3) is 0 Å². The minimum atomic E-state index is -0.620. The Kier molecular flexibility index (Phi) is 5.69. The first-order valence-corrected chi connectivity index (χ1v) is 8.49. The van der Waals surface area contributed by atoms with Gasteiger partial charge in [-0.1, -0.05) is 11.6 Å². The van der Waals surface area contributed by atoms with Gasteiger partial charge in [0.1, 0.15) is 0 Å². The molecule has 1 N–H and O–H groups in total. The van der Waals surface area contributed by atoms with Crippen LogP contribution in [0.15, 0.2) is 12.1 Å². The third kappa shape index (κ3) is 3.87. The third-order valence-corrected chi connectivity index (χ3v) is 5.14. The number of hydrogen-bond acceptors (Lipinski definition) is 4. The molecule has 0 saturated carbocycles. The standard InChI is InChI=1S/C14H20ClNO3S/c1-18-13-8-10(7-12(15)14(13)19-2)9-16-11-3-5-20(17)6-4-11/h7-8,11,16H,3-6,9H2,1-2H3. The van der Waals surface area contributed by atoms with Gasteiger partial charge in [0.05, 0.1) is 19.2 Å². The monoisotopic (exact) mass is 317 g/mol. The van der Waals surface area contributed by atoms with Gasteiger partial charge < -0.3 is 14.8 Å². The summed E-state index contributed by atoms with van der Waals surface area (Å²) >= 11 is 6.18. The molecule has 1 aromatic carbocycles. The molecule has 1 aromatic rings. The van der Waals surface area contributed by atoms with Crippen molar-refractivity contribution in [2.75, 3.05) is 25.7 Å². The van der Waals surface area contributed by atoms with Crippen LogP contribution < -0.4 is 14.8 Å². The Labute approximate surface area is 127 Å². The molecule has 0 atom stereocenters. The zero-order valence-electron chi connectivity index (χ0n) is 11.8. The molecular weight excluding hydrogens is 298 g/mol. The van der Waals surface area contributed by atoms with Gasteiger partial charge >= 0.3 is 0 Å². The van der Waals surface area contributed by atoms with Crippen molar-refractivity contribution in [1.29, 1.82) is 0 Å². The molecule has 1 aliphatic rings. The van der Waals surface area contributed by atoms with Crippen molar-refractivity contribution in [3.63, 3.8) is 0 Å². The normalized spacial score (nSPS) is 22.6. The molecule has 0 bridgehead atoms. The Balaban J connectivity index is 1.99. The molecule has 0 aliphatic carbocycles. The smallest absolute Gasteiger partial charge is 0.179 e. The summed E-state index contributed by atoms with van der Waals surface area (Å²) in [6.07, 6.45) is 1.93. The summed E-state index contributed by atoms with van der Waals surface area (Å²) in [7, 11) is 2.55. The van der Waals surface area contributed by atoms with Crippen molar-refractivity contribution >= 4 is 22.4 Å². The van der Waals surface area contributed by atoms with E-state index in [1.807, 2.05) is 12.1 Å². The summed E-state index contributed by atoms with van der Waals surface area (Å²) in [6.45, 7) is 0.720. The predicted octanol–water partition coefficient (Wildman–Crippen LogP) is 2.36. The van der Waals surface area contributed by atoms with Crippen LogP contribution >= 0.6 is 11.6 Å². The second-order valence-corrected chi connectivity index (χ2v) is 6.92. The second-order valence-electron chi connectivity index (χ2n) is 4.82. The zero-order valence-corrected chi connectivity index (χ0v) is 13.4. The van der Waals surface area contributed by atoms with E-state index in [4.69, 9.17) is 21.1 Å². The molecule has 6 heteroatoms. The molecule has 0 unspecified atom stereocenters. The van der Waals surface area contributed by atoms with E-state index in [0.717, 1.165) is 36.5 Å². The van der Waals surface area contributed by atoms with Gasteiger partial charge in [0, 0.05) is 34.9 Å². The summed E-state index contributed by atoms with van der Waals surface area (Å²) in [6, 6.07) is 4.25. The number of methoxy groups -OCH3 is 2. The van der Waals surface area contributed by atoms with E-state index in [9.17, 15) is 4.21 Å². The van der Waals surface area contributed by atoms with Crippen LogP contribution in [-0.4, -0.2) is 36.0 Å². The largest absolute Gasteiger partial charge is 0.493 e. The molecule has 1 aliphatic heterocycles. The summed E-state index contributed by atoms with van der Waals surface area (Å²) in [5, 5.41) is 4.03. The SMILES string of the molecule is COc1cc(CNC2CCS(=O)CC2)cc(Cl)c1OC. The first-order chi connectivity index (χ1) is 9.63. The van der Waals surface area contributed by atoms with Crippen molar-refractivity contribution in [2.45, 2.75) is 25.4 Å². The van der Waals surface area contributed by atoms with Crippen LogP contribution in [0.3, 0.4) is 0 Å². The molecule has 0 spiro atoms. The van der Waals surface area contributed by atoms with Gasteiger partial charge in [-0.25, -0.2) is 0 Å². The maximum atomic E-state index is 11.3. The average Bonchev–Trinajstić information content (AvgIpc) is 2.46. The van der Waals surface area contributed by atoms with Crippen molar-refractivity contribution in [2.24, 2.45) is 0 Å². The van der Waals surface area contributed by atoms with E-state index < -0.39 is 10.8 Å². The lowest BCUT2D eigenvalue weighted by Gasteiger charge is -2.23. The number of benzene rings is 1. The molecule has 1 heterocycles. The summed E-state index contributed by atoms with van der Waals surface area (Å²) in [5.74, 6) is 2.79. The second kappa shape index (κ2) is 7.29. The lowest BCUT2D eigenvalue weighted by Crippen LogP contribution is -2.35. The zero-order chi connectivity index (χ0) is 14.5. The summed E-state index contributed by atoms with van der Waals surface area (Å²) < 4.78 is 21.8. The average molecular weight is 318 g/mol. The highest BCUT2D eigenvalue weighted by molar-refractivity contribution is 7.85. The van der Waals surface area contributed by atoms with Gasteiger partial charge in [0.25, 0.3) is 0 Å². The van der Waals surface area contributed by atoms with E-state index in [1.54, 1.807) is 14.2 Å². The first-order valence-electron chi connectivity index (χ1n) is 6.62. The number of halogens is 1. The third-order valence-electron chi connectivity index (χ3n) is 3.48. The molecule has 4 nitrogen and oxygen atoms in total. The van der Waals surface area contributed by atoms with Gasteiger partial charge in [0.2, 0.25) is 0 Å². The number of hydrogen-bond donors (Lipinski definition) is 1. The van der Waals surface area contributed by atoms with E-state index >= 15 is 0 Å². The number of ether oxygens (including phenoxy) is 2. The van der Waals surface area contributed by atoms with Crippen LogP contribution in [0, 0.1) is 0 Å². The molecule has 1 saturated heterocycles. The Hall–Kier alpha value is -0.780. The van der Waals surface area contributed by atoms with Crippen LogP contribution in [-0.2, 0) is 17.3 Å². The van der Waals surface area contributed by atoms with E-state index in [-0.39, 0.29) is 0 Å². The highest BCUT2D eigenvalue weighted by atomic mass is 35.5. The topological polar surface area (TPSA) is 47.6 Å². The van der Waals surface area contributed by atoms with Crippen molar-refractivity contribution in [3.8, 4) is 11.5 Å². The van der Waals surface area contributed by atoms with Crippen LogP contribution in [0.5, 0.6) is 11.5 Å². The van der Waals surface area contributed by atoms with Crippen LogP contribution in [0.1, 0.15) is 18.4 Å². The Morgan fingerprint density at radius 3 is 2.60 bits per heavy atom. The Morgan fingerprint density at radius 2 is 2.00 bits per heavy atom. The van der Waals surface area contributed by atoms with Gasteiger partial charge in [0.15, 0.2) is 11.5 Å². The molecule has 0 radical (unpaired) electrons. The summed E-state index contributed by atoms with van der Waals surface area (Å²) in [5.41, 5.74) is 1.05. The van der Waals surface area contributed by atoms with Gasteiger partial charge in [-0.15, -0.1) is 0 Å². The van der Waals surface area contributed by atoms with Crippen molar-refractivity contribution < 1.29 is 13.7 Å². The van der Waals surface area contributed by atoms with Crippen LogP contribution in [0.2, 0.25) is 5.02 Å². The van der Waals surface area contributed by atoms with Crippen LogP contribution in [0.4, 0.5) is 0 Å². The fourth-order valence-corrected chi connectivity index (χ4v) is 3.94. The first kappa shape index (κ1) is 15.6. The molecule has 0 aromatic heterocycles. The number of nitrogens with one attached hydrogen (secondary N) is 1. The molecular formula is C14H20ClNO3S. The number of rotatable bonds is 5. The predicted molar refractivity (Wildman–Crippen MR) is 82.3 cm³/mol. The quantitative estimate of drug-likeness (QED) is 0.905.